The number of amides is 2. The van der Waals surface area contributed by atoms with Crippen LogP contribution < -0.4 is 0 Å². The molecule has 1 rings (SSSR count). The molecule has 0 spiro atoms. The fourth-order valence-corrected chi connectivity index (χ4v) is 2.99. The number of ketones is 1. The number of methoxy groups -OCH3 is 2. The molecule has 30 heavy (non-hydrogen) atoms. The second-order valence-corrected chi connectivity index (χ2v) is 7.36. The Hall–Kier alpha value is -1.39. The van der Waals surface area contributed by atoms with Gasteiger partial charge in [-0.05, 0) is 12.8 Å². The molecule has 9 heteroatoms. The normalized spacial score (nSPS) is 17.7. The first kappa shape index (κ1) is 26.6. The molecule has 1 saturated heterocycles. The van der Waals surface area contributed by atoms with E-state index >= 15 is 0 Å². The number of carbonyl (C=O) groups excluding carboxylic acids is 3. The van der Waals surface area contributed by atoms with Crippen molar-refractivity contribution in [3.05, 3.63) is 0 Å². The first-order chi connectivity index (χ1) is 14.5. The molecule has 0 bridgehead atoms. The van der Waals surface area contributed by atoms with Gasteiger partial charge >= 0.3 is 0 Å². The summed E-state index contributed by atoms with van der Waals surface area (Å²) in [7, 11) is 3.24. The summed E-state index contributed by atoms with van der Waals surface area (Å²) >= 11 is 0. The summed E-state index contributed by atoms with van der Waals surface area (Å²) in [4.78, 5) is 36.8. The van der Waals surface area contributed by atoms with E-state index in [0.717, 1.165) is 6.42 Å². The number of carbonyl (C=O) groups is 3. The Bertz CT molecular complexity index is 513. The fraction of sp³-hybridized carbons (Fsp3) is 0.857. The minimum Gasteiger partial charge on any atom is -0.382 e. The number of likely N-dealkylation sites (tertiary alicyclic amines) is 1. The van der Waals surface area contributed by atoms with Gasteiger partial charge in [0.05, 0.1) is 39.6 Å². The van der Waals surface area contributed by atoms with Crippen molar-refractivity contribution < 1.29 is 38.1 Å². The molecule has 0 radical (unpaired) electrons. The first-order valence-electron chi connectivity index (χ1n) is 10.6. The van der Waals surface area contributed by atoms with Gasteiger partial charge in [0.25, 0.3) is 0 Å². The largest absolute Gasteiger partial charge is 0.382 e. The molecule has 0 aromatic heterocycles. The van der Waals surface area contributed by atoms with Crippen LogP contribution in [-0.2, 0) is 38.1 Å². The Balaban J connectivity index is 2.11. The van der Waals surface area contributed by atoms with Crippen molar-refractivity contribution in [2.75, 3.05) is 67.0 Å². The average molecular weight is 432 g/mol. The molecule has 0 saturated carbocycles. The Kier molecular flexibility index (Phi) is 14.5. The number of imide groups is 1. The zero-order valence-electron chi connectivity index (χ0n) is 18.6. The van der Waals surface area contributed by atoms with Gasteiger partial charge in [-0.3, -0.25) is 19.3 Å². The highest BCUT2D eigenvalue weighted by Gasteiger charge is 2.35. The summed E-state index contributed by atoms with van der Waals surface area (Å²) < 4.78 is 26.8. The predicted octanol–water partition coefficient (Wildman–Crippen LogP) is 1.22. The summed E-state index contributed by atoms with van der Waals surface area (Å²) in [6.07, 6.45) is 2.16. The third-order valence-corrected chi connectivity index (χ3v) is 4.76. The van der Waals surface area contributed by atoms with Gasteiger partial charge in [-0.2, -0.15) is 0 Å². The van der Waals surface area contributed by atoms with Gasteiger partial charge in [0.1, 0.15) is 11.9 Å². The van der Waals surface area contributed by atoms with Gasteiger partial charge in [-0.1, -0.05) is 6.92 Å². The molecule has 0 aromatic rings. The highest BCUT2D eigenvalue weighted by atomic mass is 16.6. The quantitative estimate of drug-likeness (QED) is 0.222. The van der Waals surface area contributed by atoms with E-state index in [1.165, 1.54) is 4.90 Å². The molecular weight excluding hydrogens is 394 g/mol. The summed E-state index contributed by atoms with van der Waals surface area (Å²) in [5, 5.41) is 0. The highest BCUT2D eigenvalue weighted by molar-refractivity contribution is 6.03. The molecule has 2 unspecified atom stereocenters. The van der Waals surface area contributed by atoms with Gasteiger partial charge < -0.3 is 23.7 Å². The molecule has 9 nitrogen and oxygen atoms in total. The van der Waals surface area contributed by atoms with Crippen molar-refractivity contribution in [3.8, 4) is 0 Å². The van der Waals surface area contributed by atoms with E-state index in [1.54, 1.807) is 21.1 Å². The van der Waals surface area contributed by atoms with Crippen LogP contribution in [0.3, 0.4) is 0 Å². The third-order valence-electron chi connectivity index (χ3n) is 4.76. The number of Topliss-reactive ketones (excluding diaryl/α,β-unsaturated/α-hetero) is 1. The van der Waals surface area contributed by atoms with Crippen LogP contribution in [0.2, 0.25) is 0 Å². The second kappa shape index (κ2) is 16.3. The third kappa shape index (κ3) is 11.1. The van der Waals surface area contributed by atoms with Crippen LogP contribution in [0.1, 0.15) is 39.0 Å². The highest BCUT2D eigenvalue weighted by Crippen LogP contribution is 2.19. The molecule has 2 atom stereocenters. The van der Waals surface area contributed by atoms with Gasteiger partial charge in [-0.15, -0.1) is 0 Å². The van der Waals surface area contributed by atoms with Crippen LogP contribution in [0, 0.1) is 5.92 Å². The van der Waals surface area contributed by atoms with Crippen LogP contribution in [-0.4, -0.2) is 95.6 Å². The lowest BCUT2D eigenvalue weighted by Crippen LogP contribution is -2.32. The zero-order chi connectivity index (χ0) is 22.2. The number of hydrogen-bond acceptors (Lipinski definition) is 8. The lowest BCUT2D eigenvalue weighted by molar-refractivity contribution is -0.139. The number of rotatable bonds is 19. The molecule has 0 aromatic carbocycles. The fourth-order valence-electron chi connectivity index (χ4n) is 2.99. The van der Waals surface area contributed by atoms with E-state index in [4.69, 9.17) is 23.7 Å². The van der Waals surface area contributed by atoms with Crippen LogP contribution in [0.5, 0.6) is 0 Å². The van der Waals surface area contributed by atoms with E-state index in [-0.39, 0.29) is 49.0 Å². The van der Waals surface area contributed by atoms with Crippen molar-refractivity contribution in [2.24, 2.45) is 5.92 Å². The van der Waals surface area contributed by atoms with Crippen LogP contribution in [0.25, 0.3) is 0 Å². The smallest absolute Gasteiger partial charge is 0.232 e. The first-order valence-corrected chi connectivity index (χ1v) is 10.6. The van der Waals surface area contributed by atoms with Gasteiger partial charge in [-0.25, -0.2) is 0 Å². The Morgan fingerprint density at radius 1 is 0.967 bits per heavy atom. The van der Waals surface area contributed by atoms with E-state index in [2.05, 4.69) is 0 Å². The van der Waals surface area contributed by atoms with Crippen molar-refractivity contribution in [1.29, 1.82) is 0 Å². The molecule has 1 fully saturated rings. The molecule has 174 valence electrons. The standard InChI is InChI=1S/C21H37NO8/c1-17-14-20(24)22(21(17)25)8-7-18(23)6-4-5-9-28-15-19(30-13-11-27-3)16-29-12-10-26-2/h17,19H,4-16H2,1-3H3. The van der Waals surface area contributed by atoms with E-state index in [0.29, 0.717) is 59.1 Å². The van der Waals surface area contributed by atoms with E-state index in [1.807, 2.05) is 0 Å². The summed E-state index contributed by atoms with van der Waals surface area (Å²) in [5.41, 5.74) is 0. The predicted molar refractivity (Wildman–Crippen MR) is 109 cm³/mol. The average Bonchev–Trinajstić information content (AvgIpc) is 2.97. The molecule has 1 aliphatic rings. The SMILES string of the molecule is COCCOCC(COCCCCC(=O)CCN1C(=O)CC(C)C1=O)OCCOC. The lowest BCUT2D eigenvalue weighted by atomic mass is 10.1. The maximum Gasteiger partial charge on any atom is 0.232 e. The summed E-state index contributed by atoms with van der Waals surface area (Å²) in [6, 6.07) is 0. The van der Waals surface area contributed by atoms with Gasteiger partial charge in [0.2, 0.25) is 11.8 Å². The monoisotopic (exact) mass is 431 g/mol. The van der Waals surface area contributed by atoms with Crippen molar-refractivity contribution in [1.82, 2.24) is 4.90 Å². The molecule has 2 amide bonds. The topological polar surface area (TPSA) is 101 Å². The minimum atomic E-state index is -0.266. The van der Waals surface area contributed by atoms with Crippen LogP contribution >= 0.6 is 0 Å². The summed E-state index contributed by atoms with van der Waals surface area (Å²) in [5.74, 6) is -0.559. The molecule has 0 aliphatic carbocycles. The maximum atomic E-state index is 12.0. The summed E-state index contributed by atoms with van der Waals surface area (Å²) in [6.45, 7) is 5.27. The Morgan fingerprint density at radius 3 is 2.27 bits per heavy atom. The maximum absolute atomic E-state index is 12.0. The van der Waals surface area contributed by atoms with Crippen molar-refractivity contribution in [3.63, 3.8) is 0 Å². The van der Waals surface area contributed by atoms with Crippen LogP contribution in [0.4, 0.5) is 0 Å². The lowest BCUT2D eigenvalue weighted by Gasteiger charge is -2.18. The zero-order valence-corrected chi connectivity index (χ0v) is 18.6. The Morgan fingerprint density at radius 2 is 1.63 bits per heavy atom. The van der Waals surface area contributed by atoms with Gasteiger partial charge in [0, 0.05) is 52.6 Å². The number of unbranched alkanes of at least 4 members (excludes halogenated alkanes) is 1. The molecular formula is C21H37NO8. The second-order valence-electron chi connectivity index (χ2n) is 7.36. The number of hydrogen-bond donors (Lipinski definition) is 0. The number of nitrogens with zero attached hydrogens (tertiary/aromatic N) is 1. The molecule has 0 N–H and O–H groups in total. The molecule has 1 heterocycles. The van der Waals surface area contributed by atoms with E-state index in [9.17, 15) is 14.4 Å². The van der Waals surface area contributed by atoms with Gasteiger partial charge in [0.15, 0.2) is 0 Å². The number of ether oxygens (including phenoxy) is 5. The van der Waals surface area contributed by atoms with E-state index < -0.39 is 0 Å². The molecule has 1 aliphatic heterocycles. The van der Waals surface area contributed by atoms with Crippen LogP contribution in [0.15, 0.2) is 0 Å². The Labute approximate surface area is 179 Å². The van der Waals surface area contributed by atoms with Crippen molar-refractivity contribution in [2.45, 2.75) is 45.1 Å². The van der Waals surface area contributed by atoms with Crippen molar-refractivity contribution >= 4 is 17.6 Å². The minimum absolute atomic E-state index is 0.0578.